The fourth-order valence-corrected chi connectivity index (χ4v) is 2.87. The van der Waals surface area contributed by atoms with Crippen molar-refractivity contribution in [2.45, 2.75) is 0 Å². The van der Waals surface area contributed by atoms with Crippen LogP contribution in [0, 0.1) is 5.82 Å². The Kier molecular flexibility index (Phi) is 3.85. The van der Waals surface area contributed by atoms with Gasteiger partial charge in [0.15, 0.2) is 11.6 Å². The van der Waals surface area contributed by atoms with Gasteiger partial charge >= 0.3 is 0 Å². The van der Waals surface area contributed by atoms with Crippen LogP contribution in [-0.2, 0) is 0 Å². The standard InChI is InChI=1S/C17H13ClFN5O/c18-15-2-1-11(19)17(23-15)12-8-13-14(9-22-12)25-6-5-24(13)10-3-4-21-16(20)7-10/h1-4,7-9H,5-6H2,(H2,20,21). The van der Waals surface area contributed by atoms with Gasteiger partial charge in [-0.25, -0.2) is 14.4 Å². The highest BCUT2D eigenvalue weighted by molar-refractivity contribution is 6.29. The lowest BCUT2D eigenvalue weighted by molar-refractivity contribution is 0.313. The number of pyridine rings is 3. The molecule has 0 saturated heterocycles. The monoisotopic (exact) mass is 357 g/mol. The number of hydrogen-bond donors (Lipinski definition) is 1. The fourth-order valence-electron chi connectivity index (χ4n) is 2.72. The van der Waals surface area contributed by atoms with E-state index in [-0.39, 0.29) is 10.8 Å². The van der Waals surface area contributed by atoms with E-state index in [2.05, 4.69) is 15.0 Å². The van der Waals surface area contributed by atoms with Crippen molar-refractivity contribution in [2.24, 2.45) is 0 Å². The Labute approximate surface area is 148 Å². The first kappa shape index (κ1) is 15.6. The number of nitrogen functional groups attached to an aromatic ring is 1. The van der Waals surface area contributed by atoms with Gasteiger partial charge in [0.05, 0.1) is 24.1 Å². The molecule has 0 atom stereocenters. The second-order valence-corrected chi connectivity index (χ2v) is 5.83. The summed E-state index contributed by atoms with van der Waals surface area (Å²) in [6.07, 6.45) is 3.20. The second-order valence-electron chi connectivity index (χ2n) is 5.44. The number of aromatic nitrogens is 3. The molecule has 2 N–H and O–H groups in total. The minimum Gasteiger partial charge on any atom is -0.488 e. The van der Waals surface area contributed by atoms with E-state index in [1.807, 2.05) is 11.0 Å². The van der Waals surface area contributed by atoms with Crippen molar-refractivity contribution in [3.63, 3.8) is 0 Å². The van der Waals surface area contributed by atoms with Crippen molar-refractivity contribution >= 4 is 28.8 Å². The Morgan fingerprint density at radius 2 is 2.08 bits per heavy atom. The molecule has 3 aromatic heterocycles. The highest BCUT2D eigenvalue weighted by Gasteiger charge is 2.22. The van der Waals surface area contributed by atoms with Crippen LogP contribution in [0.4, 0.5) is 21.6 Å². The zero-order valence-corrected chi connectivity index (χ0v) is 13.7. The summed E-state index contributed by atoms with van der Waals surface area (Å²) in [5.74, 6) is 0.531. The summed E-state index contributed by atoms with van der Waals surface area (Å²) in [6, 6.07) is 8.02. The molecule has 0 aromatic carbocycles. The van der Waals surface area contributed by atoms with Gasteiger partial charge < -0.3 is 15.4 Å². The predicted octanol–water partition coefficient (Wildman–Crippen LogP) is 3.44. The molecule has 1 aliphatic rings. The molecule has 0 radical (unpaired) electrons. The highest BCUT2D eigenvalue weighted by Crippen LogP contribution is 2.38. The average Bonchev–Trinajstić information content (AvgIpc) is 2.63. The predicted molar refractivity (Wildman–Crippen MR) is 93.6 cm³/mol. The van der Waals surface area contributed by atoms with E-state index < -0.39 is 5.82 Å². The molecule has 4 rings (SSSR count). The first-order chi connectivity index (χ1) is 12.1. The maximum absolute atomic E-state index is 14.1. The van der Waals surface area contributed by atoms with Crippen LogP contribution in [0.1, 0.15) is 0 Å². The van der Waals surface area contributed by atoms with Gasteiger partial charge in [0.25, 0.3) is 0 Å². The topological polar surface area (TPSA) is 77.2 Å². The molecule has 0 amide bonds. The molecule has 0 fully saturated rings. The van der Waals surface area contributed by atoms with Crippen LogP contribution < -0.4 is 15.4 Å². The molecular formula is C17H13ClFN5O. The van der Waals surface area contributed by atoms with Crippen LogP contribution in [0.5, 0.6) is 5.75 Å². The van der Waals surface area contributed by atoms with E-state index in [9.17, 15) is 4.39 Å². The van der Waals surface area contributed by atoms with E-state index in [0.717, 1.165) is 11.4 Å². The number of hydrogen-bond acceptors (Lipinski definition) is 6. The number of fused-ring (bicyclic) bond motifs is 1. The first-order valence-electron chi connectivity index (χ1n) is 7.56. The van der Waals surface area contributed by atoms with Gasteiger partial charge in [-0.2, -0.15) is 0 Å². The molecule has 0 saturated carbocycles. The molecule has 6 nitrogen and oxygen atoms in total. The fraction of sp³-hybridized carbons (Fsp3) is 0.118. The molecule has 25 heavy (non-hydrogen) atoms. The Morgan fingerprint density at radius 1 is 1.20 bits per heavy atom. The molecule has 1 aliphatic heterocycles. The van der Waals surface area contributed by atoms with Crippen LogP contribution in [0.2, 0.25) is 5.15 Å². The Hall–Kier alpha value is -2.93. The summed E-state index contributed by atoms with van der Waals surface area (Å²) in [5.41, 5.74) is 7.87. The molecule has 4 heterocycles. The third kappa shape index (κ3) is 2.94. The van der Waals surface area contributed by atoms with Gasteiger partial charge in [-0.1, -0.05) is 11.6 Å². The van der Waals surface area contributed by atoms with Crippen LogP contribution in [0.15, 0.2) is 42.7 Å². The van der Waals surface area contributed by atoms with E-state index >= 15 is 0 Å². The van der Waals surface area contributed by atoms with Gasteiger partial charge in [0.1, 0.15) is 23.3 Å². The third-order valence-corrected chi connectivity index (χ3v) is 4.05. The Morgan fingerprint density at radius 3 is 2.92 bits per heavy atom. The summed E-state index contributed by atoms with van der Waals surface area (Å²) in [4.78, 5) is 14.3. The zero-order chi connectivity index (χ0) is 17.4. The van der Waals surface area contributed by atoms with Crippen LogP contribution in [0.3, 0.4) is 0 Å². The lowest BCUT2D eigenvalue weighted by Crippen LogP contribution is -2.28. The number of ether oxygens (including phenoxy) is 1. The Bertz CT molecular complexity index is 952. The van der Waals surface area contributed by atoms with Crippen molar-refractivity contribution in [2.75, 3.05) is 23.8 Å². The molecule has 8 heteroatoms. The number of nitrogens with two attached hydrogens (primary N) is 1. The third-order valence-electron chi connectivity index (χ3n) is 3.84. The van der Waals surface area contributed by atoms with Gasteiger partial charge in [-0.3, -0.25) is 4.98 Å². The summed E-state index contributed by atoms with van der Waals surface area (Å²) >= 11 is 5.89. The Balaban J connectivity index is 1.82. The molecule has 126 valence electrons. The molecular weight excluding hydrogens is 345 g/mol. The summed E-state index contributed by atoms with van der Waals surface area (Å²) in [7, 11) is 0. The number of nitrogens with zero attached hydrogens (tertiary/aromatic N) is 4. The second kappa shape index (κ2) is 6.18. The quantitative estimate of drug-likeness (QED) is 0.708. The number of rotatable bonds is 2. The average molecular weight is 358 g/mol. The van der Waals surface area contributed by atoms with E-state index in [1.54, 1.807) is 24.5 Å². The normalized spacial score (nSPS) is 13.3. The minimum atomic E-state index is -0.492. The number of halogens is 2. The minimum absolute atomic E-state index is 0.0927. The van der Waals surface area contributed by atoms with Gasteiger partial charge in [0, 0.05) is 18.0 Å². The lowest BCUT2D eigenvalue weighted by atomic mass is 10.1. The van der Waals surface area contributed by atoms with Gasteiger partial charge in [0.2, 0.25) is 0 Å². The summed E-state index contributed by atoms with van der Waals surface area (Å²) in [6.45, 7) is 1.12. The van der Waals surface area contributed by atoms with Gasteiger partial charge in [-0.15, -0.1) is 0 Å². The van der Waals surface area contributed by atoms with E-state index in [4.69, 9.17) is 22.1 Å². The smallest absolute Gasteiger partial charge is 0.161 e. The van der Waals surface area contributed by atoms with E-state index in [0.29, 0.717) is 30.4 Å². The van der Waals surface area contributed by atoms with Crippen LogP contribution in [0.25, 0.3) is 11.4 Å². The maximum atomic E-state index is 14.1. The summed E-state index contributed by atoms with van der Waals surface area (Å²) in [5, 5.41) is 0.200. The van der Waals surface area contributed by atoms with Crippen LogP contribution in [-0.4, -0.2) is 28.1 Å². The first-order valence-corrected chi connectivity index (χ1v) is 7.94. The van der Waals surface area contributed by atoms with E-state index in [1.165, 1.54) is 12.1 Å². The van der Waals surface area contributed by atoms with Crippen molar-refractivity contribution in [1.82, 2.24) is 15.0 Å². The van der Waals surface area contributed by atoms with Crippen molar-refractivity contribution in [1.29, 1.82) is 0 Å². The van der Waals surface area contributed by atoms with Crippen molar-refractivity contribution in [3.05, 3.63) is 53.7 Å². The molecule has 0 bridgehead atoms. The molecule has 0 spiro atoms. The van der Waals surface area contributed by atoms with Crippen LogP contribution >= 0.6 is 11.6 Å². The molecule has 0 aliphatic carbocycles. The van der Waals surface area contributed by atoms with Gasteiger partial charge in [-0.05, 0) is 24.3 Å². The number of anilines is 3. The van der Waals surface area contributed by atoms with Crippen molar-refractivity contribution in [3.8, 4) is 17.1 Å². The molecule has 0 unspecified atom stereocenters. The SMILES string of the molecule is Nc1cc(N2CCOc3cnc(-c4nc(Cl)ccc4F)cc32)ccn1. The lowest BCUT2D eigenvalue weighted by Gasteiger charge is -2.31. The van der Waals surface area contributed by atoms with Crippen molar-refractivity contribution < 1.29 is 9.13 Å². The molecule has 3 aromatic rings. The summed E-state index contributed by atoms with van der Waals surface area (Å²) < 4.78 is 19.8. The maximum Gasteiger partial charge on any atom is 0.161 e. The highest BCUT2D eigenvalue weighted by atomic mass is 35.5. The largest absolute Gasteiger partial charge is 0.488 e. The zero-order valence-electron chi connectivity index (χ0n) is 13.0.